The van der Waals surface area contributed by atoms with Crippen LogP contribution in [0.5, 0.6) is 0 Å². The van der Waals surface area contributed by atoms with Crippen LogP contribution in [-0.2, 0) is 27.2 Å². The van der Waals surface area contributed by atoms with Gasteiger partial charge in [0, 0.05) is 53.6 Å². The lowest BCUT2D eigenvalue weighted by molar-refractivity contribution is -0.140. The first-order valence-corrected chi connectivity index (χ1v) is 15.7. The number of carboxylic acid groups (broad SMARTS) is 1. The highest BCUT2D eigenvalue weighted by Gasteiger charge is 2.37. The number of aromatic nitrogens is 1. The van der Waals surface area contributed by atoms with Gasteiger partial charge in [-0.2, -0.15) is 0 Å². The Bertz CT molecular complexity index is 1140. The molecule has 0 spiro atoms. The van der Waals surface area contributed by atoms with Crippen molar-refractivity contribution in [3.63, 3.8) is 0 Å². The molecule has 7 nitrogen and oxygen atoms in total. The van der Waals surface area contributed by atoms with Crippen LogP contribution in [0.4, 0.5) is 14.5 Å². The first kappa shape index (κ1) is 27.4. The van der Waals surface area contributed by atoms with Crippen LogP contribution < -0.4 is 10.5 Å². The van der Waals surface area contributed by atoms with Gasteiger partial charge in [0.25, 0.3) is 5.91 Å². The fourth-order valence-corrected chi connectivity index (χ4v) is 6.16. The Hall–Kier alpha value is -3.14. The van der Waals surface area contributed by atoms with E-state index < -0.39 is 37.6 Å². The third-order valence-corrected chi connectivity index (χ3v) is 8.16. The number of fused-ring (bicyclic) bond motifs is 1. The molecule has 10 heteroatoms. The number of aliphatic carboxylic acids is 1. The number of pyridine rings is 1. The fourth-order valence-electron chi connectivity index (χ4n) is 4.58. The average Bonchev–Trinajstić information content (AvgIpc) is 2.76. The maximum absolute atomic E-state index is 14.8. The molecule has 0 bridgehead atoms. The first-order chi connectivity index (χ1) is 16.9. The number of halogens is 2. The maximum atomic E-state index is 14.8. The molecular formula is C26H33F2N3O4Si. The molecule has 2 N–H and O–H groups in total. The van der Waals surface area contributed by atoms with Gasteiger partial charge in [0.1, 0.15) is 17.7 Å². The number of nitrogens with one attached hydrogen (secondary N) is 1. The minimum atomic E-state index is -2.29. The van der Waals surface area contributed by atoms with E-state index in [0.29, 0.717) is 17.7 Å². The zero-order chi connectivity index (χ0) is 26.6. The minimum absolute atomic E-state index is 0.0269. The first-order valence-electron chi connectivity index (χ1n) is 12.2. The fraction of sp³-hybridized carbons (Fsp3) is 0.462. The zero-order valence-corrected chi connectivity index (χ0v) is 22.2. The Balaban J connectivity index is 1.93. The van der Waals surface area contributed by atoms with E-state index in [2.05, 4.69) is 10.3 Å². The monoisotopic (exact) mass is 517 g/mol. The number of carboxylic acids is 1. The summed E-state index contributed by atoms with van der Waals surface area (Å²) in [6.45, 7) is 7.77. The van der Waals surface area contributed by atoms with Crippen LogP contribution in [0, 0.1) is 11.6 Å². The van der Waals surface area contributed by atoms with Gasteiger partial charge in [0.2, 0.25) is 5.91 Å². The molecule has 1 aromatic heterocycles. The second-order valence-electron chi connectivity index (χ2n) is 10.1. The summed E-state index contributed by atoms with van der Waals surface area (Å²) >= 11 is 0. The molecule has 0 saturated carbocycles. The van der Waals surface area contributed by atoms with Gasteiger partial charge in [0.15, 0.2) is 0 Å². The van der Waals surface area contributed by atoms with E-state index in [1.54, 1.807) is 6.07 Å². The number of hydrogen-bond acceptors (Lipinski definition) is 4. The van der Waals surface area contributed by atoms with Gasteiger partial charge < -0.3 is 15.3 Å². The van der Waals surface area contributed by atoms with E-state index in [1.165, 1.54) is 4.90 Å². The Morgan fingerprint density at radius 2 is 1.81 bits per heavy atom. The molecule has 194 valence electrons. The minimum Gasteiger partial charge on any atom is -0.481 e. The average molecular weight is 518 g/mol. The second-order valence-corrected chi connectivity index (χ2v) is 15.1. The number of rotatable bonds is 9. The molecule has 0 aliphatic carbocycles. The third kappa shape index (κ3) is 6.34. The number of carbonyl (C=O) groups is 3. The van der Waals surface area contributed by atoms with E-state index in [4.69, 9.17) is 5.11 Å². The summed E-state index contributed by atoms with van der Waals surface area (Å²) < 4.78 is 29.6. The van der Waals surface area contributed by atoms with Crippen molar-refractivity contribution in [1.29, 1.82) is 0 Å². The SMILES string of the molecule is CCCc1ccc2c(n1)CCN(C(=O)CCCC(=O)O)[C@H]2C(=O)Nc1cc(F)c([Si](C)(C)C)c(F)c1. The number of amides is 2. The van der Waals surface area contributed by atoms with Crippen molar-refractivity contribution in [1.82, 2.24) is 9.88 Å². The van der Waals surface area contributed by atoms with E-state index >= 15 is 0 Å². The summed E-state index contributed by atoms with van der Waals surface area (Å²) in [7, 11) is -2.29. The van der Waals surface area contributed by atoms with Gasteiger partial charge in [-0.05, 0) is 31.0 Å². The normalized spacial score (nSPS) is 15.4. The lowest BCUT2D eigenvalue weighted by Gasteiger charge is -2.36. The number of aryl methyl sites for hydroxylation is 1. The molecule has 36 heavy (non-hydrogen) atoms. The van der Waals surface area contributed by atoms with Gasteiger partial charge in [-0.25, -0.2) is 8.78 Å². The van der Waals surface area contributed by atoms with Crippen LogP contribution in [-0.4, -0.2) is 47.4 Å². The van der Waals surface area contributed by atoms with E-state index in [0.717, 1.165) is 30.7 Å². The van der Waals surface area contributed by atoms with Crippen LogP contribution in [0.1, 0.15) is 55.6 Å². The maximum Gasteiger partial charge on any atom is 0.303 e. The lowest BCUT2D eigenvalue weighted by atomic mass is 9.94. The standard InChI is InChI=1S/C26H33F2N3O4Si/c1-5-7-16-10-11-18-21(29-16)12-13-31(22(32)8-6-9-23(33)34)24(18)26(35)30-17-14-19(27)25(20(28)15-17)36(2,3)4/h10-11,14-15,24H,5-9,12-13H2,1-4H3,(H,30,35)(H,33,34)/t24-/m1/s1. The summed E-state index contributed by atoms with van der Waals surface area (Å²) in [5.41, 5.74) is 2.13. The molecular weight excluding hydrogens is 484 g/mol. The molecule has 0 fully saturated rings. The van der Waals surface area contributed by atoms with Crippen molar-refractivity contribution >= 4 is 36.7 Å². The highest BCUT2D eigenvalue weighted by atomic mass is 28.3. The molecule has 3 rings (SSSR count). The molecule has 1 atom stereocenters. The van der Waals surface area contributed by atoms with Crippen LogP contribution in [0.2, 0.25) is 19.6 Å². The number of carbonyl (C=O) groups excluding carboxylic acids is 2. The number of nitrogens with zero attached hydrogens (tertiary/aromatic N) is 2. The summed E-state index contributed by atoms with van der Waals surface area (Å²) in [5.74, 6) is -3.38. The highest BCUT2D eigenvalue weighted by Crippen LogP contribution is 2.31. The zero-order valence-electron chi connectivity index (χ0n) is 21.2. The lowest BCUT2D eigenvalue weighted by Crippen LogP contribution is -2.46. The molecule has 1 aliphatic rings. The molecule has 0 radical (unpaired) electrons. The van der Waals surface area contributed by atoms with Crippen molar-refractivity contribution in [2.24, 2.45) is 0 Å². The molecule has 1 aliphatic heterocycles. The van der Waals surface area contributed by atoms with Crippen molar-refractivity contribution in [3.8, 4) is 0 Å². The highest BCUT2D eigenvalue weighted by molar-refractivity contribution is 6.88. The van der Waals surface area contributed by atoms with Crippen molar-refractivity contribution in [2.45, 2.75) is 71.1 Å². The Kier molecular flexibility index (Phi) is 8.60. The molecule has 0 saturated heterocycles. The molecule has 0 unspecified atom stereocenters. The van der Waals surface area contributed by atoms with E-state index in [1.807, 2.05) is 32.6 Å². The third-order valence-electron chi connectivity index (χ3n) is 6.18. The van der Waals surface area contributed by atoms with Gasteiger partial charge in [-0.1, -0.05) is 39.1 Å². The summed E-state index contributed by atoms with van der Waals surface area (Å²) in [4.78, 5) is 43.4. The Morgan fingerprint density at radius 1 is 1.14 bits per heavy atom. The number of hydrogen-bond donors (Lipinski definition) is 2. The molecule has 2 aromatic rings. The quantitative estimate of drug-likeness (QED) is 0.486. The molecule has 2 amide bonds. The van der Waals surface area contributed by atoms with E-state index in [-0.39, 0.29) is 42.6 Å². The van der Waals surface area contributed by atoms with Gasteiger partial charge >= 0.3 is 5.97 Å². The summed E-state index contributed by atoms with van der Waals surface area (Å²) in [6, 6.07) is 4.78. The number of anilines is 1. The Morgan fingerprint density at radius 3 is 2.39 bits per heavy atom. The number of benzene rings is 1. The van der Waals surface area contributed by atoms with Crippen molar-refractivity contribution in [3.05, 3.63) is 52.9 Å². The largest absolute Gasteiger partial charge is 0.481 e. The van der Waals surface area contributed by atoms with Crippen LogP contribution in [0.25, 0.3) is 0 Å². The van der Waals surface area contributed by atoms with Crippen LogP contribution >= 0.6 is 0 Å². The van der Waals surface area contributed by atoms with Crippen molar-refractivity contribution < 1.29 is 28.3 Å². The predicted molar refractivity (Wildman–Crippen MR) is 136 cm³/mol. The van der Waals surface area contributed by atoms with Crippen LogP contribution in [0.3, 0.4) is 0 Å². The van der Waals surface area contributed by atoms with Gasteiger partial charge in [-0.3, -0.25) is 19.4 Å². The smallest absolute Gasteiger partial charge is 0.303 e. The topological polar surface area (TPSA) is 99.6 Å². The van der Waals surface area contributed by atoms with Crippen molar-refractivity contribution in [2.75, 3.05) is 11.9 Å². The molecule has 2 heterocycles. The predicted octanol–water partition coefficient (Wildman–Crippen LogP) is 4.18. The van der Waals surface area contributed by atoms with Gasteiger partial charge in [0.05, 0.1) is 8.07 Å². The van der Waals surface area contributed by atoms with Crippen LogP contribution in [0.15, 0.2) is 24.3 Å². The summed E-state index contributed by atoms with van der Waals surface area (Å²) in [5, 5.41) is 11.6. The molecule has 1 aromatic carbocycles. The van der Waals surface area contributed by atoms with Gasteiger partial charge in [-0.15, -0.1) is 0 Å². The summed E-state index contributed by atoms with van der Waals surface area (Å²) in [6.07, 6.45) is 2.11. The Labute approximate surface area is 210 Å². The second kappa shape index (κ2) is 11.3. The van der Waals surface area contributed by atoms with E-state index in [9.17, 15) is 23.2 Å².